The number of nitrogens with one attached hydrogen (secondary N) is 1. The van der Waals surface area contributed by atoms with E-state index in [1.165, 1.54) is 0 Å². The summed E-state index contributed by atoms with van der Waals surface area (Å²) in [6.07, 6.45) is 3.26. The Kier molecular flexibility index (Phi) is 4.16. The second-order valence-corrected chi connectivity index (χ2v) is 5.08. The van der Waals surface area contributed by atoms with Crippen LogP contribution in [-0.4, -0.2) is 45.4 Å². The van der Waals surface area contributed by atoms with Crippen molar-refractivity contribution >= 4 is 11.8 Å². The minimum Gasteiger partial charge on any atom is -0.368 e. The van der Waals surface area contributed by atoms with Gasteiger partial charge < -0.3 is 10.2 Å². The van der Waals surface area contributed by atoms with E-state index in [0.29, 0.717) is 5.95 Å². The average Bonchev–Trinajstić information content (AvgIpc) is 2.93. The van der Waals surface area contributed by atoms with E-state index in [4.69, 9.17) is 0 Å². The van der Waals surface area contributed by atoms with Gasteiger partial charge in [0.05, 0.1) is 6.04 Å². The Morgan fingerprint density at radius 3 is 2.65 bits per heavy atom. The number of hydrogen-bond acceptors (Lipinski definition) is 6. The molecule has 2 aromatic rings. The number of rotatable bonds is 5. The molecule has 0 aliphatic heterocycles. The van der Waals surface area contributed by atoms with Gasteiger partial charge in [-0.15, -0.1) is 0 Å². The first kappa shape index (κ1) is 14.2. The van der Waals surface area contributed by atoms with Crippen molar-refractivity contribution in [3.63, 3.8) is 0 Å². The van der Waals surface area contributed by atoms with E-state index in [1.807, 2.05) is 37.5 Å². The van der Waals surface area contributed by atoms with E-state index in [9.17, 15) is 0 Å². The van der Waals surface area contributed by atoms with Gasteiger partial charge >= 0.3 is 0 Å². The number of aryl methyl sites for hydroxylation is 1. The van der Waals surface area contributed by atoms with Gasteiger partial charge in [0.25, 0.3) is 0 Å². The first-order valence-electron chi connectivity index (χ1n) is 6.59. The number of anilines is 2. The lowest BCUT2D eigenvalue weighted by molar-refractivity contribution is 0.510. The summed E-state index contributed by atoms with van der Waals surface area (Å²) in [6.45, 7) is 6.83. The largest absolute Gasteiger partial charge is 0.368 e. The Balaban J connectivity index is 2.12. The van der Waals surface area contributed by atoms with Gasteiger partial charge in [-0.05, 0) is 20.8 Å². The van der Waals surface area contributed by atoms with Gasteiger partial charge in [0.1, 0.15) is 18.5 Å². The van der Waals surface area contributed by atoms with Gasteiger partial charge in [-0.1, -0.05) is 0 Å². The molecule has 108 valence electrons. The molecule has 0 aliphatic rings. The molecule has 7 heteroatoms. The van der Waals surface area contributed by atoms with E-state index in [1.54, 1.807) is 12.7 Å². The van der Waals surface area contributed by atoms with Crippen molar-refractivity contribution in [2.75, 3.05) is 30.9 Å². The molecule has 0 amide bonds. The van der Waals surface area contributed by atoms with E-state index < -0.39 is 0 Å². The smallest absolute Gasteiger partial charge is 0.227 e. The van der Waals surface area contributed by atoms with Crippen molar-refractivity contribution in [3.05, 3.63) is 23.9 Å². The summed E-state index contributed by atoms with van der Waals surface area (Å²) in [6, 6.07) is 0.204. The first-order valence-corrected chi connectivity index (χ1v) is 6.59. The zero-order valence-electron chi connectivity index (χ0n) is 12.6. The molecule has 0 bridgehead atoms. The van der Waals surface area contributed by atoms with Crippen LogP contribution in [0.15, 0.2) is 12.7 Å². The molecule has 0 spiro atoms. The molecule has 1 N–H and O–H groups in total. The fraction of sp³-hybridized carbons (Fsp3) is 0.538. The van der Waals surface area contributed by atoms with Crippen molar-refractivity contribution in [2.45, 2.75) is 26.8 Å². The van der Waals surface area contributed by atoms with E-state index in [-0.39, 0.29) is 6.04 Å². The third kappa shape index (κ3) is 3.04. The summed E-state index contributed by atoms with van der Waals surface area (Å²) >= 11 is 0. The van der Waals surface area contributed by atoms with Crippen LogP contribution in [-0.2, 0) is 0 Å². The van der Waals surface area contributed by atoms with Crippen molar-refractivity contribution < 1.29 is 0 Å². The van der Waals surface area contributed by atoms with Crippen LogP contribution < -0.4 is 10.2 Å². The van der Waals surface area contributed by atoms with Gasteiger partial charge in [0.2, 0.25) is 5.95 Å². The standard InChI is InChI=1S/C13H21N7/c1-9(20-8-14-7-16-20)6-15-12-10(2)11(3)17-13(18-12)19(4)5/h7-9H,6H2,1-5H3,(H,15,17,18). The lowest BCUT2D eigenvalue weighted by atomic mass is 10.2. The van der Waals surface area contributed by atoms with Gasteiger partial charge in [-0.25, -0.2) is 14.6 Å². The number of aromatic nitrogens is 5. The van der Waals surface area contributed by atoms with Crippen LogP contribution in [0.2, 0.25) is 0 Å². The summed E-state index contributed by atoms with van der Waals surface area (Å²) in [4.78, 5) is 14.9. The summed E-state index contributed by atoms with van der Waals surface area (Å²) < 4.78 is 1.82. The maximum absolute atomic E-state index is 4.54. The predicted molar refractivity (Wildman–Crippen MR) is 79.1 cm³/mol. The van der Waals surface area contributed by atoms with Crippen molar-refractivity contribution in [3.8, 4) is 0 Å². The Morgan fingerprint density at radius 1 is 1.30 bits per heavy atom. The topological polar surface area (TPSA) is 71.8 Å². The molecule has 7 nitrogen and oxygen atoms in total. The van der Waals surface area contributed by atoms with Gasteiger partial charge in [-0.2, -0.15) is 10.1 Å². The molecule has 0 aromatic carbocycles. The Bertz CT molecular complexity index is 562. The molecular formula is C13H21N7. The summed E-state index contributed by atoms with van der Waals surface area (Å²) in [5, 5.41) is 7.51. The van der Waals surface area contributed by atoms with Crippen molar-refractivity contribution in [1.82, 2.24) is 24.7 Å². The highest BCUT2D eigenvalue weighted by atomic mass is 15.3. The van der Waals surface area contributed by atoms with Crippen molar-refractivity contribution in [1.29, 1.82) is 0 Å². The molecule has 0 fully saturated rings. The van der Waals surface area contributed by atoms with E-state index in [2.05, 4.69) is 32.3 Å². The quantitative estimate of drug-likeness (QED) is 0.890. The molecule has 0 radical (unpaired) electrons. The molecular weight excluding hydrogens is 254 g/mol. The zero-order valence-corrected chi connectivity index (χ0v) is 12.6. The van der Waals surface area contributed by atoms with Crippen LogP contribution in [0.4, 0.5) is 11.8 Å². The minimum atomic E-state index is 0.204. The Morgan fingerprint density at radius 2 is 2.05 bits per heavy atom. The molecule has 0 saturated heterocycles. The predicted octanol–water partition coefficient (Wildman–Crippen LogP) is 1.42. The molecule has 2 heterocycles. The second kappa shape index (κ2) is 5.85. The van der Waals surface area contributed by atoms with Gasteiger partial charge in [0.15, 0.2) is 0 Å². The molecule has 2 aromatic heterocycles. The monoisotopic (exact) mass is 275 g/mol. The lowest BCUT2D eigenvalue weighted by Crippen LogP contribution is -2.20. The maximum atomic E-state index is 4.54. The molecule has 2 rings (SSSR count). The highest BCUT2D eigenvalue weighted by molar-refractivity contribution is 5.50. The molecule has 1 atom stereocenters. The summed E-state index contributed by atoms with van der Waals surface area (Å²) in [5.74, 6) is 1.58. The molecule has 20 heavy (non-hydrogen) atoms. The van der Waals surface area contributed by atoms with Gasteiger partial charge in [0, 0.05) is 31.9 Å². The van der Waals surface area contributed by atoms with Crippen LogP contribution in [0.3, 0.4) is 0 Å². The van der Waals surface area contributed by atoms with E-state index >= 15 is 0 Å². The SMILES string of the molecule is Cc1nc(N(C)C)nc(NCC(C)n2cncn2)c1C. The summed E-state index contributed by atoms with van der Waals surface area (Å²) in [7, 11) is 3.87. The van der Waals surface area contributed by atoms with Crippen molar-refractivity contribution in [2.24, 2.45) is 0 Å². The fourth-order valence-corrected chi connectivity index (χ4v) is 1.77. The highest BCUT2D eigenvalue weighted by Gasteiger charge is 2.11. The van der Waals surface area contributed by atoms with Crippen LogP contribution >= 0.6 is 0 Å². The molecule has 0 aliphatic carbocycles. The Labute approximate surface area is 119 Å². The minimum absolute atomic E-state index is 0.204. The highest BCUT2D eigenvalue weighted by Crippen LogP contribution is 2.18. The van der Waals surface area contributed by atoms with Gasteiger partial charge in [-0.3, -0.25) is 0 Å². The lowest BCUT2D eigenvalue weighted by Gasteiger charge is -2.18. The second-order valence-electron chi connectivity index (χ2n) is 5.08. The molecule has 1 unspecified atom stereocenters. The van der Waals surface area contributed by atoms with Crippen LogP contribution in [0, 0.1) is 13.8 Å². The zero-order chi connectivity index (χ0) is 14.7. The Hall–Kier alpha value is -2.18. The molecule has 0 saturated carbocycles. The van der Waals surface area contributed by atoms with Crippen LogP contribution in [0.5, 0.6) is 0 Å². The summed E-state index contributed by atoms with van der Waals surface area (Å²) in [5.41, 5.74) is 2.06. The van der Waals surface area contributed by atoms with Crippen LogP contribution in [0.1, 0.15) is 24.2 Å². The van der Waals surface area contributed by atoms with Crippen LogP contribution in [0.25, 0.3) is 0 Å². The normalized spacial score (nSPS) is 12.2. The third-order valence-corrected chi connectivity index (χ3v) is 3.23. The fourth-order valence-electron chi connectivity index (χ4n) is 1.77. The average molecular weight is 275 g/mol. The number of nitrogens with zero attached hydrogens (tertiary/aromatic N) is 6. The maximum Gasteiger partial charge on any atom is 0.227 e. The number of hydrogen-bond donors (Lipinski definition) is 1. The third-order valence-electron chi connectivity index (χ3n) is 3.23. The van der Waals surface area contributed by atoms with E-state index in [0.717, 1.165) is 23.6 Å². The first-order chi connectivity index (χ1) is 9.49.